The molecule has 3 aromatic carbocycles. The van der Waals surface area contributed by atoms with Crippen LogP contribution in [0.4, 0.5) is 0 Å². The van der Waals surface area contributed by atoms with Gasteiger partial charge in [-0.1, -0.05) is 18.2 Å². The zero-order valence-electron chi connectivity index (χ0n) is 24.9. The van der Waals surface area contributed by atoms with Crippen LogP contribution in [-0.4, -0.2) is 53.8 Å². The summed E-state index contributed by atoms with van der Waals surface area (Å²) in [5, 5.41) is 1.53. The Kier molecular flexibility index (Phi) is 9.84. The summed E-state index contributed by atoms with van der Waals surface area (Å²) in [7, 11) is -9.95. The number of rotatable bonds is 10. The van der Waals surface area contributed by atoms with Crippen LogP contribution in [0.3, 0.4) is 0 Å². The molecule has 47 heavy (non-hydrogen) atoms. The van der Waals surface area contributed by atoms with Crippen molar-refractivity contribution >= 4 is 70.8 Å². The monoisotopic (exact) mass is 689 g/mol. The first-order valence-electron chi connectivity index (χ1n) is 14.1. The van der Waals surface area contributed by atoms with E-state index in [0.29, 0.717) is 41.8 Å². The fraction of sp³-hybridized carbons (Fsp3) is 0.233. The fourth-order valence-electron chi connectivity index (χ4n) is 5.41. The third-order valence-electron chi connectivity index (χ3n) is 7.61. The number of hydrogen-bond donors (Lipinski definition) is 0. The van der Waals surface area contributed by atoms with Crippen molar-refractivity contribution in [1.29, 1.82) is 0 Å². The molecule has 238 valence electrons. The molecule has 0 radical (unpaired) electrons. The first-order chi connectivity index (χ1) is 21.8. The van der Waals surface area contributed by atoms with Crippen LogP contribution in [0.2, 0.25) is 0 Å². The summed E-state index contributed by atoms with van der Waals surface area (Å²) >= 11 is 0. The molecule has 0 spiro atoms. The van der Waals surface area contributed by atoms with Crippen LogP contribution in [0.5, 0.6) is 0 Å². The minimum Gasteiger partial charge on any atom is -0.744 e. The van der Waals surface area contributed by atoms with Crippen LogP contribution in [0.15, 0.2) is 75.0 Å². The number of imide groups is 1. The van der Waals surface area contributed by atoms with Crippen molar-refractivity contribution in [2.45, 2.75) is 54.9 Å². The maximum absolute atomic E-state index is 12.2. The first kappa shape index (κ1) is 34.6. The number of benzene rings is 3. The Balaban J connectivity index is 0.00000433. The van der Waals surface area contributed by atoms with Crippen molar-refractivity contribution in [1.82, 2.24) is 10.0 Å². The molecule has 0 N–H and O–H groups in total. The Hall–Kier alpha value is -3.77. The summed E-state index contributed by atoms with van der Waals surface area (Å²) < 4.78 is 79.1. The van der Waals surface area contributed by atoms with Gasteiger partial charge in [0.1, 0.15) is 32.3 Å². The number of aromatic nitrogens is 2. The normalized spacial score (nSPS) is 13.9. The van der Waals surface area contributed by atoms with Crippen molar-refractivity contribution in [2.75, 3.05) is 0 Å². The van der Waals surface area contributed by atoms with Gasteiger partial charge in [0.2, 0.25) is 11.4 Å². The Bertz CT molecular complexity index is 2290. The quantitative estimate of drug-likeness (QED) is 0.0628. The number of para-hydroxylation sites is 1. The number of carbonyl (C=O) groups is 3. The molecule has 2 amide bonds. The Labute approximate surface area is 290 Å². The van der Waals surface area contributed by atoms with E-state index < -0.39 is 47.8 Å². The Morgan fingerprint density at radius 3 is 2.34 bits per heavy atom. The molecule has 14 nitrogen and oxygen atoms in total. The van der Waals surface area contributed by atoms with Gasteiger partial charge < -0.3 is 18.4 Å². The van der Waals surface area contributed by atoms with Crippen molar-refractivity contribution in [3.63, 3.8) is 0 Å². The molecule has 5 aromatic rings. The van der Waals surface area contributed by atoms with Crippen LogP contribution in [-0.2, 0) is 46.0 Å². The number of amides is 2. The number of unbranched alkanes of at least 4 members (excludes halogenated alkanes) is 2. The predicted octanol–water partition coefficient (Wildman–Crippen LogP) is 0.0685. The molecule has 0 aliphatic carbocycles. The summed E-state index contributed by atoms with van der Waals surface area (Å²) in [6, 6.07) is 13.4. The molecule has 1 saturated heterocycles. The van der Waals surface area contributed by atoms with Crippen LogP contribution in [0, 0.1) is 0 Å². The number of hydrogen-bond acceptors (Lipinski definition) is 12. The van der Waals surface area contributed by atoms with Gasteiger partial charge >= 0.3 is 35.5 Å². The summed E-state index contributed by atoms with van der Waals surface area (Å²) in [4.78, 5) is 43.4. The van der Waals surface area contributed by atoms with E-state index in [1.54, 1.807) is 18.3 Å². The maximum atomic E-state index is 12.2. The third-order valence-corrected chi connectivity index (χ3v) is 9.28. The van der Waals surface area contributed by atoms with Gasteiger partial charge in [0.25, 0.3) is 11.8 Å². The van der Waals surface area contributed by atoms with Gasteiger partial charge in [-0.25, -0.2) is 26.6 Å². The fourth-order valence-corrected chi connectivity index (χ4v) is 6.55. The molecule has 0 unspecified atom stereocenters. The largest absolute Gasteiger partial charge is 1.00 e. The van der Waals surface area contributed by atoms with E-state index in [2.05, 4.69) is 4.98 Å². The van der Waals surface area contributed by atoms with Gasteiger partial charge in [-0.3, -0.25) is 9.59 Å². The second kappa shape index (κ2) is 13.4. The molecule has 2 aromatic heterocycles. The van der Waals surface area contributed by atoms with Gasteiger partial charge in [0, 0.05) is 43.2 Å². The Morgan fingerprint density at radius 1 is 0.915 bits per heavy atom. The Morgan fingerprint density at radius 2 is 1.64 bits per heavy atom. The molecule has 1 fully saturated rings. The molecule has 0 bridgehead atoms. The van der Waals surface area contributed by atoms with E-state index >= 15 is 0 Å². The van der Waals surface area contributed by atoms with E-state index in [1.165, 1.54) is 6.07 Å². The zero-order valence-corrected chi connectivity index (χ0v) is 28.5. The third kappa shape index (κ3) is 7.08. The molecule has 1 aliphatic rings. The minimum absolute atomic E-state index is 0. The number of oxazole rings is 1. The molecule has 0 saturated carbocycles. The molecular weight excluding hydrogens is 665 g/mol. The molecular formula is C30H24N3NaO11S2. The van der Waals surface area contributed by atoms with Crippen molar-refractivity contribution in [2.24, 2.45) is 0 Å². The van der Waals surface area contributed by atoms with Crippen molar-refractivity contribution in [3.8, 4) is 11.5 Å². The minimum atomic E-state index is -5.10. The molecule has 0 atom stereocenters. The van der Waals surface area contributed by atoms with E-state index in [9.17, 15) is 40.3 Å². The van der Waals surface area contributed by atoms with Gasteiger partial charge in [0.05, 0.1) is 20.7 Å². The van der Waals surface area contributed by atoms with Crippen molar-refractivity contribution < 1.29 is 83.7 Å². The van der Waals surface area contributed by atoms with Gasteiger partial charge in [0.15, 0.2) is 11.8 Å². The summed E-state index contributed by atoms with van der Waals surface area (Å²) in [6.45, 7) is 0.570. The van der Waals surface area contributed by atoms with Crippen LogP contribution < -0.4 is 34.1 Å². The van der Waals surface area contributed by atoms with Gasteiger partial charge in [-0.2, -0.15) is 4.57 Å². The number of fused-ring (bicyclic) bond motifs is 4. The predicted molar refractivity (Wildman–Crippen MR) is 156 cm³/mol. The summed E-state index contributed by atoms with van der Waals surface area (Å²) in [6.07, 6.45) is 3.71. The van der Waals surface area contributed by atoms with Crippen LogP contribution in [0.25, 0.3) is 44.2 Å². The van der Waals surface area contributed by atoms with E-state index in [1.807, 2.05) is 22.8 Å². The second-order valence-corrected chi connectivity index (χ2v) is 13.4. The average molecular weight is 690 g/mol. The zero-order chi connectivity index (χ0) is 32.8. The first-order valence-corrected chi connectivity index (χ1v) is 16.9. The number of pyridine rings is 1. The number of carbonyl (C=O) groups excluding carboxylic acids is 3. The van der Waals surface area contributed by atoms with E-state index in [4.69, 9.17) is 9.25 Å². The van der Waals surface area contributed by atoms with Gasteiger partial charge in [-0.05, 0) is 42.5 Å². The standard InChI is InChI=1S/C30H25N3O11S2.Na/c34-25-11-12-26(35)33(25)44-27(36)8-2-1-5-14-32-15-13-22(21-6-3-4-7-23(21)32)30-31-28-20-10-9-19(45(37,38)39)16-18(20)17-24(29(28)43-30)46(40,41)42;/h3-4,6-7,9-10,13,15-17H,1-2,5,8,11-12,14H2,(H-,37,38,39,40,41,42);/q;+1/p-1. The number of nitrogens with zero attached hydrogens (tertiary/aromatic N) is 3. The molecule has 1 aliphatic heterocycles. The topological polar surface area (TPSA) is 208 Å². The van der Waals surface area contributed by atoms with E-state index in [0.717, 1.165) is 23.7 Å². The maximum Gasteiger partial charge on any atom is 1.00 e. The van der Waals surface area contributed by atoms with Crippen LogP contribution >= 0.6 is 0 Å². The second-order valence-electron chi connectivity index (χ2n) is 10.7. The van der Waals surface area contributed by atoms with Crippen molar-refractivity contribution in [3.05, 3.63) is 60.8 Å². The molecule has 6 rings (SSSR count). The summed E-state index contributed by atoms with van der Waals surface area (Å²) in [5.74, 6) is -1.69. The van der Waals surface area contributed by atoms with E-state index in [-0.39, 0.29) is 76.6 Å². The molecule has 17 heteroatoms. The SMILES string of the molecule is O=C(CCCCC[n+]1ccc(-c2nc3c(o2)c(S(=O)(=O)[O-])cc2cc(S(=O)(=O)[O-])ccc23)c2ccccc21)ON1C(=O)CCC1=O.[Na+]. The molecule has 3 heterocycles. The number of hydroxylamine groups is 2. The van der Waals surface area contributed by atoms with Crippen LogP contribution in [0.1, 0.15) is 38.5 Å². The number of aryl methyl sites for hydroxylation is 1. The average Bonchev–Trinajstić information content (AvgIpc) is 3.58. The van der Waals surface area contributed by atoms with Gasteiger partial charge in [-0.15, -0.1) is 5.06 Å². The smallest absolute Gasteiger partial charge is 0.744 e. The summed E-state index contributed by atoms with van der Waals surface area (Å²) in [5.41, 5.74) is 1.00.